The smallest absolute Gasteiger partial charge is 0.249 e. The molecule has 7 nitrogen and oxygen atoms in total. The number of nitrogens with zero attached hydrogens (tertiary/aromatic N) is 3. The fraction of sp³-hybridized carbons (Fsp3) is 0.412. The molecule has 44 heavy (non-hydrogen) atoms. The average Bonchev–Trinajstić information content (AvgIpc) is 3.70. The number of amides is 1. The van der Waals surface area contributed by atoms with Gasteiger partial charge in [0, 0.05) is 71.7 Å². The lowest BCUT2D eigenvalue weighted by molar-refractivity contribution is -0.118. The summed E-state index contributed by atoms with van der Waals surface area (Å²) in [6.45, 7) is 5.45. The molecule has 3 heterocycles. The quantitative estimate of drug-likeness (QED) is 0.263. The van der Waals surface area contributed by atoms with Gasteiger partial charge in [-0.05, 0) is 73.9 Å². The first kappa shape index (κ1) is 30.2. The van der Waals surface area contributed by atoms with E-state index >= 15 is 0 Å². The molecule has 0 bridgehead atoms. The number of carbonyl (C=O) groups is 1. The van der Waals surface area contributed by atoms with Gasteiger partial charge in [-0.25, -0.2) is 8.78 Å². The van der Waals surface area contributed by atoms with E-state index in [1.807, 2.05) is 29.2 Å². The van der Waals surface area contributed by atoms with Crippen LogP contribution in [0.5, 0.6) is 0 Å². The zero-order chi connectivity index (χ0) is 30.8. The van der Waals surface area contributed by atoms with Crippen LogP contribution in [0.15, 0.2) is 85.4 Å². The van der Waals surface area contributed by atoms with E-state index in [2.05, 4.69) is 46.9 Å². The van der Waals surface area contributed by atoms with E-state index in [1.54, 1.807) is 13.0 Å². The first-order valence-corrected chi connectivity index (χ1v) is 16.2. The Hall–Kier alpha value is -3.79. The van der Waals surface area contributed by atoms with Crippen LogP contribution in [0.1, 0.15) is 62.3 Å². The number of allylic oxidation sites excluding steroid dienone is 7. The second-order valence-corrected chi connectivity index (χ2v) is 13.2. The average molecular weight is 617 g/mol. The largest absolute Gasteiger partial charge is 0.383 e. The molecular formula is C34H38F2N6OS. The van der Waals surface area contributed by atoms with Crippen molar-refractivity contribution in [1.29, 1.82) is 5.41 Å². The van der Waals surface area contributed by atoms with Crippen LogP contribution in [0.25, 0.3) is 0 Å². The minimum Gasteiger partial charge on any atom is -0.383 e. The van der Waals surface area contributed by atoms with Gasteiger partial charge in [0.1, 0.15) is 5.83 Å². The second kappa shape index (κ2) is 13.1. The number of fused-ring (bicyclic) bond motifs is 1. The van der Waals surface area contributed by atoms with E-state index in [4.69, 9.17) is 10.4 Å². The number of benzene rings is 1. The number of hydrogen-bond acceptors (Lipinski definition) is 7. The monoisotopic (exact) mass is 616 g/mol. The van der Waals surface area contributed by atoms with E-state index in [-0.39, 0.29) is 18.2 Å². The summed E-state index contributed by atoms with van der Waals surface area (Å²) in [5, 5.41) is 21.0. The van der Waals surface area contributed by atoms with E-state index < -0.39 is 18.0 Å². The molecule has 0 aromatic heterocycles. The SMILES string of the molecule is C/C1=C(\N2CCC=N2)C=Nc2ccc([C@@H]3CC=C(CNC4=C(C(=O)NC(C)C5=CC=C(F)[C@H](F)C5)CC4C=N)S3)cc2CC1. The Morgan fingerprint density at radius 3 is 2.91 bits per heavy atom. The highest BCUT2D eigenvalue weighted by atomic mass is 32.2. The van der Waals surface area contributed by atoms with Gasteiger partial charge in [-0.2, -0.15) is 5.10 Å². The molecular weight excluding hydrogens is 578 g/mol. The predicted molar refractivity (Wildman–Crippen MR) is 175 cm³/mol. The Labute approximate surface area is 261 Å². The molecule has 3 N–H and O–H groups in total. The number of halogens is 2. The standard InChI is InChI=1S/C34H38F2N6OS/c1-20-4-5-23-14-24(7-10-30(23)38-19-31(20)42-13-3-12-40-42)32-11-8-26(44-32)18-39-33-25(17-37)15-27(33)34(43)41-21(2)22-6-9-28(35)29(36)16-22/h6-10,12,14,17,19,21,25,29,32,37,39H,3-5,11,13,15-16,18H2,1-2H3,(H,41,43)/b31-20+,37-17?,38-19?/t21?,25?,29-,32+/m1/s1. The molecule has 5 aliphatic rings. The lowest BCUT2D eigenvalue weighted by Gasteiger charge is -2.32. The van der Waals surface area contributed by atoms with E-state index in [1.165, 1.54) is 27.8 Å². The first-order valence-electron chi connectivity index (χ1n) is 15.3. The molecule has 0 radical (unpaired) electrons. The summed E-state index contributed by atoms with van der Waals surface area (Å²) in [6.07, 6.45) is 12.8. The molecule has 2 unspecified atom stereocenters. The number of rotatable bonds is 9. The van der Waals surface area contributed by atoms with Crippen LogP contribution in [0.3, 0.4) is 0 Å². The maximum absolute atomic E-state index is 13.8. The van der Waals surface area contributed by atoms with Crippen LogP contribution >= 0.6 is 11.8 Å². The molecule has 0 fully saturated rings. The number of hydrogen-bond donors (Lipinski definition) is 3. The number of hydrazone groups is 1. The third-order valence-electron chi connectivity index (χ3n) is 8.95. The van der Waals surface area contributed by atoms with Crippen LogP contribution in [-0.4, -0.2) is 54.9 Å². The molecule has 230 valence electrons. The van der Waals surface area contributed by atoms with Gasteiger partial charge in [-0.15, -0.1) is 11.8 Å². The number of nitrogens with one attached hydrogen (secondary N) is 3. The van der Waals surface area contributed by atoms with Crippen molar-refractivity contribution in [3.63, 3.8) is 0 Å². The van der Waals surface area contributed by atoms with Gasteiger partial charge in [0.05, 0.1) is 17.6 Å². The van der Waals surface area contributed by atoms with Gasteiger partial charge >= 0.3 is 0 Å². The van der Waals surface area contributed by atoms with Crippen molar-refractivity contribution in [2.45, 2.75) is 69.8 Å². The summed E-state index contributed by atoms with van der Waals surface area (Å²) in [4.78, 5) is 19.1. The van der Waals surface area contributed by atoms with Crippen molar-refractivity contribution in [1.82, 2.24) is 15.6 Å². The second-order valence-electron chi connectivity index (χ2n) is 11.9. The van der Waals surface area contributed by atoms with Crippen molar-refractivity contribution in [3.8, 4) is 0 Å². The fourth-order valence-electron chi connectivity index (χ4n) is 6.19. The normalized spacial score (nSPS) is 27.0. The van der Waals surface area contributed by atoms with Crippen molar-refractivity contribution < 1.29 is 13.6 Å². The molecule has 3 aliphatic heterocycles. The van der Waals surface area contributed by atoms with Crippen molar-refractivity contribution in [2.75, 3.05) is 13.1 Å². The Bertz CT molecular complexity index is 1570. The lowest BCUT2D eigenvalue weighted by Crippen LogP contribution is -2.42. The van der Waals surface area contributed by atoms with Crippen LogP contribution in [0, 0.1) is 11.3 Å². The van der Waals surface area contributed by atoms with Gasteiger partial charge < -0.3 is 16.0 Å². The van der Waals surface area contributed by atoms with Gasteiger partial charge in [0.2, 0.25) is 5.91 Å². The molecule has 0 saturated carbocycles. The van der Waals surface area contributed by atoms with E-state index in [9.17, 15) is 13.6 Å². The maximum atomic E-state index is 13.8. The van der Waals surface area contributed by atoms with Gasteiger partial charge in [0.25, 0.3) is 0 Å². The maximum Gasteiger partial charge on any atom is 0.249 e. The summed E-state index contributed by atoms with van der Waals surface area (Å²) in [7, 11) is 0. The predicted octanol–water partition coefficient (Wildman–Crippen LogP) is 6.90. The minimum absolute atomic E-state index is 0.0626. The Morgan fingerprint density at radius 1 is 1.27 bits per heavy atom. The minimum atomic E-state index is -1.66. The summed E-state index contributed by atoms with van der Waals surface area (Å²) < 4.78 is 27.2. The van der Waals surface area contributed by atoms with Crippen molar-refractivity contribution >= 4 is 42.0 Å². The van der Waals surface area contributed by atoms with Crippen molar-refractivity contribution in [2.24, 2.45) is 16.0 Å². The number of aliphatic imine (C=N–C) groups is 1. The number of alkyl halides is 1. The summed E-state index contributed by atoms with van der Waals surface area (Å²) >= 11 is 1.84. The summed E-state index contributed by atoms with van der Waals surface area (Å²) in [5.41, 5.74) is 8.01. The number of thioether (sulfide) groups is 1. The molecule has 0 spiro atoms. The highest BCUT2D eigenvalue weighted by Crippen LogP contribution is 2.45. The van der Waals surface area contributed by atoms with E-state index in [0.717, 1.165) is 55.4 Å². The molecule has 10 heteroatoms. The molecule has 2 aliphatic carbocycles. The zero-order valence-corrected chi connectivity index (χ0v) is 25.9. The molecule has 1 aromatic rings. The molecule has 1 aromatic carbocycles. The highest BCUT2D eigenvalue weighted by Gasteiger charge is 2.34. The zero-order valence-electron chi connectivity index (χ0n) is 25.1. The fourth-order valence-corrected chi connectivity index (χ4v) is 7.37. The summed E-state index contributed by atoms with van der Waals surface area (Å²) in [6, 6.07) is 6.21. The Morgan fingerprint density at radius 2 is 2.14 bits per heavy atom. The van der Waals surface area contributed by atoms with Crippen LogP contribution in [0.2, 0.25) is 0 Å². The van der Waals surface area contributed by atoms with Gasteiger partial charge in [0.15, 0.2) is 6.17 Å². The van der Waals surface area contributed by atoms with Crippen LogP contribution < -0.4 is 10.6 Å². The molecule has 0 saturated heterocycles. The van der Waals surface area contributed by atoms with Crippen LogP contribution in [-0.2, 0) is 11.2 Å². The van der Waals surface area contributed by atoms with Gasteiger partial charge in [-0.3, -0.25) is 14.8 Å². The Kier molecular flexibility index (Phi) is 8.98. The van der Waals surface area contributed by atoms with Crippen LogP contribution in [0.4, 0.5) is 14.5 Å². The Balaban J connectivity index is 1.06. The molecule has 4 atom stereocenters. The lowest BCUT2D eigenvalue weighted by atomic mass is 9.82. The van der Waals surface area contributed by atoms with E-state index in [0.29, 0.717) is 29.4 Å². The van der Waals surface area contributed by atoms with Gasteiger partial charge in [-0.1, -0.05) is 24.3 Å². The number of carbonyl (C=O) groups excluding carboxylic acids is 1. The third-order valence-corrected chi connectivity index (χ3v) is 10.3. The molecule has 1 amide bonds. The van der Waals surface area contributed by atoms with Crippen molar-refractivity contribution in [3.05, 3.63) is 86.4 Å². The first-order chi connectivity index (χ1) is 21.3. The highest BCUT2D eigenvalue weighted by molar-refractivity contribution is 8.03. The number of aryl methyl sites for hydroxylation is 1. The third kappa shape index (κ3) is 6.36. The topological polar surface area (TPSA) is 92.9 Å². The summed E-state index contributed by atoms with van der Waals surface area (Å²) in [5.74, 6) is -1.14. The molecule has 6 rings (SSSR count).